The van der Waals surface area contributed by atoms with Gasteiger partial charge in [0, 0.05) is 5.92 Å². The molecule has 0 amide bonds. The van der Waals surface area contributed by atoms with Gasteiger partial charge in [0.2, 0.25) is 0 Å². The van der Waals surface area contributed by atoms with E-state index in [1.807, 2.05) is 0 Å². The van der Waals surface area contributed by atoms with Crippen molar-refractivity contribution in [3.63, 3.8) is 0 Å². The SMILES string of the molecule is O=C(CBr)C1CCCC1. The molecule has 0 aromatic rings. The van der Waals surface area contributed by atoms with Crippen LogP contribution in [0.5, 0.6) is 0 Å². The zero-order chi connectivity index (χ0) is 6.69. The van der Waals surface area contributed by atoms with Crippen molar-refractivity contribution in [3.05, 3.63) is 0 Å². The fraction of sp³-hybridized carbons (Fsp3) is 0.857. The van der Waals surface area contributed by atoms with Crippen molar-refractivity contribution < 1.29 is 4.79 Å². The third kappa shape index (κ3) is 1.78. The standard InChI is InChI=1S/C7H11BrO/c8-5-7(9)6-3-1-2-4-6/h6H,1-5H2. The van der Waals surface area contributed by atoms with E-state index in [0.717, 1.165) is 12.8 Å². The van der Waals surface area contributed by atoms with Gasteiger partial charge in [-0.3, -0.25) is 4.79 Å². The van der Waals surface area contributed by atoms with Crippen LogP contribution >= 0.6 is 15.9 Å². The molecule has 1 aliphatic rings. The number of ketones is 1. The van der Waals surface area contributed by atoms with E-state index in [-0.39, 0.29) is 0 Å². The molecule has 2 heteroatoms. The Morgan fingerprint density at radius 2 is 2.00 bits per heavy atom. The van der Waals surface area contributed by atoms with Gasteiger partial charge in [-0.05, 0) is 12.8 Å². The van der Waals surface area contributed by atoms with Gasteiger partial charge in [-0.15, -0.1) is 0 Å². The van der Waals surface area contributed by atoms with Crippen LogP contribution in [-0.4, -0.2) is 11.1 Å². The number of hydrogen-bond acceptors (Lipinski definition) is 1. The second-order valence-electron chi connectivity index (χ2n) is 2.58. The van der Waals surface area contributed by atoms with Crippen molar-refractivity contribution in [3.8, 4) is 0 Å². The first-order chi connectivity index (χ1) is 4.34. The molecule has 0 saturated heterocycles. The summed E-state index contributed by atoms with van der Waals surface area (Å²) in [7, 11) is 0. The zero-order valence-corrected chi connectivity index (χ0v) is 6.99. The highest BCUT2D eigenvalue weighted by atomic mass is 79.9. The number of alkyl halides is 1. The van der Waals surface area contributed by atoms with E-state index in [9.17, 15) is 4.79 Å². The number of Topliss-reactive ketones (excluding diaryl/α,β-unsaturated/α-hetero) is 1. The van der Waals surface area contributed by atoms with Crippen molar-refractivity contribution in [1.29, 1.82) is 0 Å². The normalized spacial score (nSPS) is 20.6. The summed E-state index contributed by atoms with van der Waals surface area (Å²) in [4.78, 5) is 11.0. The average molecular weight is 191 g/mol. The number of rotatable bonds is 2. The summed E-state index contributed by atoms with van der Waals surface area (Å²) in [6.45, 7) is 0. The molecule has 52 valence electrons. The summed E-state index contributed by atoms with van der Waals surface area (Å²) in [5.41, 5.74) is 0. The molecule has 0 aromatic carbocycles. The smallest absolute Gasteiger partial charge is 0.146 e. The summed E-state index contributed by atoms with van der Waals surface area (Å²) in [5, 5.41) is 0.553. The van der Waals surface area contributed by atoms with Crippen LogP contribution in [0.3, 0.4) is 0 Å². The average Bonchev–Trinajstić information content (AvgIpc) is 2.37. The maximum absolute atomic E-state index is 11.0. The van der Waals surface area contributed by atoms with Gasteiger partial charge < -0.3 is 0 Å². The van der Waals surface area contributed by atoms with E-state index in [1.165, 1.54) is 12.8 Å². The van der Waals surface area contributed by atoms with E-state index < -0.39 is 0 Å². The lowest BCUT2D eigenvalue weighted by Gasteiger charge is -2.02. The van der Waals surface area contributed by atoms with Crippen LogP contribution in [0, 0.1) is 5.92 Å². The molecule has 1 fully saturated rings. The molecule has 9 heavy (non-hydrogen) atoms. The monoisotopic (exact) mass is 190 g/mol. The predicted octanol–water partition coefficient (Wildman–Crippen LogP) is 2.14. The molecular formula is C7H11BrO. The zero-order valence-electron chi connectivity index (χ0n) is 5.40. The Kier molecular flexibility index (Phi) is 2.70. The molecule has 0 N–H and O–H groups in total. The van der Waals surface area contributed by atoms with Crippen LogP contribution in [0.25, 0.3) is 0 Å². The Morgan fingerprint density at radius 1 is 1.44 bits per heavy atom. The van der Waals surface area contributed by atoms with Crippen molar-refractivity contribution in [2.45, 2.75) is 25.7 Å². The third-order valence-corrected chi connectivity index (χ3v) is 2.49. The lowest BCUT2D eigenvalue weighted by molar-refractivity contribution is -0.120. The lowest BCUT2D eigenvalue weighted by atomic mass is 10.0. The summed E-state index contributed by atoms with van der Waals surface area (Å²) >= 11 is 3.18. The first kappa shape index (κ1) is 7.26. The summed E-state index contributed by atoms with van der Waals surface area (Å²) in [5.74, 6) is 0.789. The van der Waals surface area contributed by atoms with Gasteiger partial charge >= 0.3 is 0 Å². The van der Waals surface area contributed by atoms with Gasteiger partial charge in [0.1, 0.15) is 5.78 Å². The van der Waals surface area contributed by atoms with Gasteiger partial charge in [-0.2, -0.15) is 0 Å². The second kappa shape index (κ2) is 3.35. The first-order valence-electron chi connectivity index (χ1n) is 3.43. The minimum Gasteiger partial charge on any atom is -0.298 e. The molecule has 0 heterocycles. The molecule has 1 saturated carbocycles. The summed E-state index contributed by atoms with van der Waals surface area (Å²) < 4.78 is 0. The number of hydrogen-bond donors (Lipinski definition) is 0. The Balaban J connectivity index is 2.32. The quantitative estimate of drug-likeness (QED) is 0.611. The Labute approximate surface area is 64.0 Å². The molecular weight excluding hydrogens is 180 g/mol. The Bertz CT molecular complexity index is 105. The van der Waals surface area contributed by atoms with Crippen LogP contribution < -0.4 is 0 Å². The van der Waals surface area contributed by atoms with E-state index in [4.69, 9.17) is 0 Å². The van der Waals surface area contributed by atoms with E-state index in [0.29, 0.717) is 17.0 Å². The van der Waals surface area contributed by atoms with Gasteiger partial charge in [-0.25, -0.2) is 0 Å². The highest BCUT2D eigenvalue weighted by molar-refractivity contribution is 9.09. The van der Waals surface area contributed by atoms with Crippen LogP contribution in [0.2, 0.25) is 0 Å². The van der Waals surface area contributed by atoms with E-state index in [2.05, 4.69) is 15.9 Å². The van der Waals surface area contributed by atoms with Crippen molar-refractivity contribution in [1.82, 2.24) is 0 Å². The molecule has 1 rings (SSSR count). The number of halogens is 1. The van der Waals surface area contributed by atoms with Crippen LogP contribution in [0.1, 0.15) is 25.7 Å². The number of carbonyl (C=O) groups is 1. The minimum absolute atomic E-state index is 0.393. The molecule has 0 aromatic heterocycles. The fourth-order valence-electron chi connectivity index (χ4n) is 1.36. The van der Waals surface area contributed by atoms with Gasteiger partial charge in [0.05, 0.1) is 5.33 Å². The van der Waals surface area contributed by atoms with Gasteiger partial charge in [-0.1, -0.05) is 28.8 Å². The largest absolute Gasteiger partial charge is 0.298 e. The Morgan fingerprint density at radius 3 is 2.44 bits per heavy atom. The highest BCUT2D eigenvalue weighted by Crippen LogP contribution is 2.25. The van der Waals surface area contributed by atoms with Crippen molar-refractivity contribution in [2.24, 2.45) is 5.92 Å². The first-order valence-corrected chi connectivity index (χ1v) is 4.55. The van der Waals surface area contributed by atoms with Gasteiger partial charge in [0.25, 0.3) is 0 Å². The Hall–Kier alpha value is 0.150. The molecule has 1 aliphatic carbocycles. The van der Waals surface area contributed by atoms with Crippen molar-refractivity contribution in [2.75, 3.05) is 5.33 Å². The molecule has 0 radical (unpaired) electrons. The molecule has 0 unspecified atom stereocenters. The molecule has 0 atom stereocenters. The molecule has 0 aliphatic heterocycles. The maximum Gasteiger partial charge on any atom is 0.146 e. The molecule has 0 spiro atoms. The van der Waals surface area contributed by atoms with Crippen LogP contribution in [0.4, 0.5) is 0 Å². The molecule has 0 bridgehead atoms. The highest BCUT2D eigenvalue weighted by Gasteiger charge is 2.20. The number of carbonyl (C=O) groups excluding carboxylic acids is 1. The van der Waals surface area contributed by atoms with E-state index >= 15 is 0 Å². The summed E-state index contributed by atoms with van der Waals surface area (Å²) in [6, 6.07) is 0. The van der Waals surface area contributed by atoms with Crippen LogP contribution in [0.15, 0.2) is 0 Å². The second-order valence-corrected chi connectivity index (χ2v) is 3.14. The topological polar surface area (TPSA) is 17.1 Å². The van der Waals surface area contributed by atoms with Crippen molar-refractivity contribution >= 4 is 21.7 Å². The van der Waals surface area contributed by atoms with Crippen LogP contribution in [-0.2, 0) is 4.79 Å². The predicted molar refractivity (Wildman–Crippen MR) is 40.8 cm³/mol. The maximum atomic E-state index is 11.0. The fourth-order valence-corrected chi connectivity index (χ4v) is 1.81. The minimum atomic E-state index is 0.393. The van der Waals surface area contributed by atoms with E-state index in [1.54, 1.807) is 0 Å². The van der Waals surface area contributed by atoms with Gasteiger partial charge in [0.15, 0.2) is 0 Å². The summed E-state index contributed by atoms with van der Waals surface area (Å²) in [6.07, 6.45) is 4.77. The third-order valence-electron chi connectivity index (χ3n) is 1.94. The molecule has 1 nitrogen and oxygen atoms in total. The lowest BCUT2D eigenvalue weighted by Crippen LogP contribution is -2.10.